The predicted molar refractivity (Wildman–Crippen MR) is 74.0 cm³/mol. The molecule has 1 saturated heterocycles. The van der Waals surface area contributed by atoms with Gasteiger partial charge in [-0.1, -0.05) is 0 Å². The molecule has 0 bridgehead atoms. The van der Waals surface area contributed by atoms with Crippen LogP contribution in [0.15, 0.2) is 10.8 Å². The molecule has 1 aromatic rings. The summed E-state index contributed by atoms with van der Waals surface area (Å²) < 4.78 is 0. The average Bonchev–Trinajstić information content (AvgIpc) is 2.74. The largest absolute Gasteiger partial charge is 0.338 e. The Hall–Kier alpha value is -0.580. The first-order valence-electron chi connectivity index (χ1n) is 5.74. The molecule has 0 radical (unpaired) electrons. The molecular weight excluding hydrogens is 256 g/mol. The van der Waals surface area contributed by atoms with Gasteiger partial charge < -0.3 is 10.6 Å². The Kier molecular flexibility index (Phi) is 5.43. The van der Waals surface area contributed by atoms with Gasteiger partial charge in [-0.15, -0.1) is 12.4 Å². The van der Waals surface area contributed by atoms with Gasteiger partial charge in [0, 0.05) is 18.5 Å². The fraction of sp³-hybridized carbons (Fsp3) is 0.583. The molecule has 2 N–H and O–H groups in total. The number of likely N-dealkylation sites (tertiary alicyclic amines) is 1. The minimum atomic E-state index is 0. The molecule has 17 heavy (non-hydrogen) atoms. The van der Waals surface area contributed by atoms with Crippen LogP contribution in [0.5, 0.6) is 0 Å². The predicted octanol–water partition coefficient (Wildman–Crippen LogP) is 2.29. The van der Waals surface area contributed by atoms with Crippen LogP contribution in [0, 0.1) is 12.8 Å². The van der Waals surface area contributed by atoms with Crippen molar-refractivity contribution in [2.75, 3.05) is 19.6 Å². The molecule has 0 spiro atoms. The summed E-state index contributed by atoms with van der Waals surface area (Å²) in [7, 11) is 0. The molecule has 1 fully saturated rings. The lowest BCUT2D eigenvalue weighted by molar-refractivity contribution is 0.0678. The SMILES string of the molecule is Cc1cscc1C(=O)N1CCCC(CN)C1.Cl. The molecule has 96 valence electrons. The van der Waals surface area contributed by atoms with Gasteiger partial charge in [-0.3, -0.25) is 4.79 Å². The topological polar surface area (TPSA) is 46.3 Å². The number of nitrogens with two attached hydrogens (primary N) is 1. The van der Waals surface area contributed by atoms with Crippen LogP contribution in [0.2, 0.25) is 0 Å². The molecule has 1 aromatic heterocycles. The number of piperidine rings is 1. The maximum Gasteiger partial charge on any atom is 0.254 e. The highest BCUT2D eigenvalue weighted by atomic mass is 35.5. The zero-order valence-corrected chi connectivity index (χ0v) is 11.6. The third-order valence-corrected chi connectivity index (χ3v) is 4.09. The van der Waals surface area contributed by atoms with E-state index in [1.807, 2.05) is 22.6 Å². The van der Waals surface area contributed by atoms with Crippen LogP contribution < -0.4 is 5.73 Å². The van der Waals surface area contributed by atoms with Crippen LogP contribution in [0.4, 0.5) is 0 Å². The molecule has 1 amide bonds. The summed E-state index contributed by atoms with van der Waals surface area (Å²) in [4.78, 5) is 14.2. The summed E-state index contributed by atoms with van der Waals surface area (Å²) in [5, 5.41) is 3.97. The second-order valence-corrected chi connectivity index (χ2v) is 5.21. The Balaban J connectivity index is 0.00000144. The molecule has 1 aliphatic rings. The molecule has 3 nitrogen and oxygen atoms in total. The normalized spacial score (nSPS) is 19.9. The van der Waals surface area contributed by atoms with E-state index in [2.05, 4.69) is 0 Å². The first-order valence-corrected chi connectivity index (χ1v) is 6.68. The molecule has 1 unspecified atom stereocenters. The van der Waals surface area contributed by atoms with Gasteiger partial charge in [-0.05, 0) is 43.2 Å². The zero-order valence-electron chi connectivity index (χ0n) is 10.0. The van der Waals surface area contributed by atoms with Crippen molar-refractivity contribution in [3.63, 3.8) is 0 Å². The molecule has 1 atom stereocenters. The number of rotatable bonds is 2. The Labute approximate surface area is 112 Å². The number of aryl methyl sites for hydroxylation is 1. The lowest BCUT2D eigenvalue weighted by Crippen LogP contribution is -2.42. The Morgan fingerprint density at radius 2 is 2.35 bits per heavy atom. The number of thiophene rings is 1. The minimum absolute atomic E-state index is 0. The van der Waals surface area contributed by atoms with Gasteiger partial charge in [0.05, 0.1) is 5.56 Å². The van der Waals surface area contributed by atoms with Crippen molar-refractivity contribution < 1.29 is 4.79 Å². The summed E-state index contributed by atoms with van der Waals surface area (Å²) in [5.41, 5.74) is 7.63. The number of carbonyl (C=O) groups excluding carboxylic acids is 1. The number of hydrogen-bond acceptors (Lipinski definition) is 3. The van der Waals surface area contributed by atoms with Gasteiger partial charge in [-0.25, -0.2) is 0 Å². The molecular formula is C12H19ClN2OS. The molecule has 2 rings (SSSR count). The summed E-state index contributed by atoms with van der Waals surface area (Å²) in [5.74, 6) is 0.661. The number of halogens is 1. The maximum atomic E-state index is 12.2. The minimum Gasteiger partial charge on any atom is -0.338 e. The van der Waals surface area contributed by atoms with Crippen molar-refractivity contribution in [2.24, 2.45) is 11.7 Å². The quantitative estimate of drug-likeness (QED) is 0.899. The third kappa shape index (κ3) is 3.21. The Bertz CT molecular complexity index is 380. The van der Waals surface area contributed by atoms with Gasteiger partial charge in [0.1, 0.15) is 0 Å². The van der Waals surface area contributed by atoms with Gasteiger partial charge in [-0.2, -0.15) is 11.3 Å². The van der Waals surface area contributed by atoms with Crippen molar-refractivity contribution in [3.05, 3.63) is 21.9 Å². The fourth-order valence-corrected chi connectivity index (χ4v) is 3.01. The number of carbonyl (C=O) groups is 1. The molecule has 0 aromatic carbocycles. The number of amides is 1. The zero-order chi connectivity index (χ0) is 11.5. The molecule has 0 saturated carbocycles. The monoisotopic (exact) mass is 274 g/mol. The van der Waals surface area contributed by atoms with E-state index in [1.54, 1.807) is 11.3 Å². The number of nitrogens with zero attached hydrogens (tertiary/aromatic N) is 1. The van der Waals surface area contributed by atoms with Crippen LogP contribution in [0.3, 0.4) is 0 Å². The molecule has 1 aliphatic heterocycles. The van der Waals surface area contributed by atoms with Crippen molar-refractivity contribution in [2.45, 2.75) is 19.8 Å². The van der Waals surface area contributed by atoms with Crippen LogP contribution in [0.25, 0.3) is 0 Å². The van der Waals surface area contributed by atoms with E-state index in [4.69, 9.17) is 5.73 Å². The van der Waals surface area contributed by atoms with Crippen molar-refractivity contribution >= 4 is 29.7 Å². The van der Waals surface area contributed by atoms with Crippen molar-refractivity contribution in [1.29, 1.82) is 0 Å². The molecule has 0 aliphatic carbocycles. The van der Waals surface area contributed by atoms with E-state index in [0.717, 1.165) is 37.1 Å². The van der Waals surface area contributed by atoms with Gasteiger partial charge >= 0.3 is 0 Å². The number of hydrogen-bond donors (Lipinski definition) is 1. The van der Waals surface area contributed by atoms with Crippen LogP contribution in [-0.4, -0.2) is 30.4 Å². The lowest BCUT2D eigenvalue weighted by atomic mass is 9.97. The van der Waals surface area contributed by atoms with Crippen LogP contribution >= 0.6 is 23.7 Å². The average molecular weight is 275 g/mol. The third-order valence-electron chi connectivity index (χ3n) is 3.23. The summed E-state index contributed by atoms with van der Waals surface area (Å²) in [6.45, 7) is 4.38. The second-order valence-electron chi connectivity index (χ2n) is 4.46. The van der Waals surface area contributed by atoms with Gasteiger partial charge in [0.15, 0.2) is 0 Å². The van der Waals surface area contributed by atoms with Gasteiger partial charge in [0.2, 0.25) is 0 Å². The first-order chi connectivity index (χ1) is 7.72. The van der Waals surface area contributed by atoms with E-state index in [0.29, 0.717) is 12.5 Å². The first kappa shape index (κ1) is 14.5. The van der Waals surface area contributed by atoms with E-state index in [-0.39, 0.29) is 18.3 Å². The summed E-state index contributed by atoms with van der Waals surface area (Å²) in [6, 6.07) is 0. The maximum absolute atomic E-state index is 12.2. The highest BCUT2D eigenvalue weighted by Gasteiger charge is 2.24. The Morgan fingerprint density at radius 1 is 1.59 bits per heavy atom. The Morgan fingerprint density at radius 3 is 2.94 bits per heavy atom. The second kappa shape index (κ2) is 6.38. The fourth-order valence-electron chi connectivity index (χ4n) is 2.19. The standard InChI is InChI=1S/C12H18N2OS.ClH/c1-9-7-16-8-11(9)12(15)14-4-2-3-10(5-13)6-14;/h7-8,10H,2-6,13H2,1H3;1H. The molecule has 2 heterocycles. The van der Waals surface area contributed by atoms with E-state index < -0.39 is 0 Å². The lowest BCUT2D eigenvalue weighted by Gasteiger charge is -2.32. The van der Waals surface area contributed by atoms with E-state index in [1.165, 1.54) is 0 Å². The van der Waals surface area contributed by atoms with E-state index >= 15 is 0 Å². The summed E-state index contributed by atoms with van der Waals surface area (Å²) >= 11 is 1.59. The van der Waals surface area contributed by atoms with Crippen LogP contribution in [0.1, 0.15) is 28.8 Å². The van der Waals surface area contributed by atoms with E-state index in [9.17, 15) is 4.79 Å². The highest BCUT2D eigenvalue weighted by Crippen LogP contribution is 2.21. The smallest absolute Gasteiger partial charge is 0.254 e. The highest BCUT2D eigenvalue weighted by molar-refractivity contribution is 7.08. The van der Waals surface area contributed by atoms with Crippen molar-refractivity contribution in [1.82, 2.24) is 4.90 Å². The van der Waals surface area contributed by atoms with Gasteiger partial charge in [0.25, 0.3) is 5.91 Å². The molecule has 5 heteroatoms. The van der Waals surface area contributed by atoms with Crippen molar-refractivity contribution in [3.8, 4) is 0 Å². The summed E-state index contributed by atoms with van der Waals surface area (Å²) in [6.07, 6.45) is 2.24. The van der Waals surface area contributed by atoms with Crippen LogP contribution in [-0.2, 0) is 0 Å².